The summed E-state index contributed by atoms with van der Waals surface area (Å²) >= 11 is 0. The normalized spacial score (nSPS) is 22.9. The van der Waals surface area contributed by atoms with E-state index in [4.69, 9.17) is 28.7 Å². The van der Waals surface area contributed by atoms with E-state index in [-0.39, 0.29) is 76.5 Å². The van der Waals surface area contributed by atoms with Crippen LogP contribution in [-0.2, 0) is 46.4 Å². The number of primary amides is 1. The van der Waals surface area contributed by atoms with Crippen molar-refractivity contribution in [2.24, 2.45) is 44.6 Å². The molecule has 1 aliphatic rings. The maximum absolute atomic E-state index is 14.6. The first-order chi connectivity index (χ1) is 35.2. The smallest absolute Gasteiger partial charge is 0.243 e. The quantitative estimate of drug-likeness (QED) is 0.0260. The van der Waals surface area contributed by atoms with Crippen molar-refractivity contribution >= 4 is 64.2 Å². The largest absolute Gasteiger partial charge is 0.376 e. The highest BCUT2D eigenvalue weighted by Gasteiger charge is 2.36. The van der Waals surface area contributed by atoms with Crippen LogP contribution in [0.1, 0.15) is 83.3 Å². The summed E-state index contributed by atoms with van der Waals surface area (Å²) in [5.41, 5.74) is 30.0. The molecule has 1 saturated heterocycles. The lowest BCUT2D eigenvalue weighted by Gasteiger charge is -2.34. The van der Waals surface area contributed by atoms with E-state index in [0.717, 1.165) is 10.9 Å². The Morgan fingerprint density at radius 2 is 1.41 bits per heavy atom. The molecule has 25 heteroatoms. The molecular weight excluding hydrogens is 957 g/mol. The summed E-state index contributed by atoms with van der Waals surface area (Å²) in [5, 5.41) is 46.5. The van der Waals surface area contributed by atoms with Gasteiger partial charge in [0.25, 0.3) is 0 Å². The van der Waals surface area contributed by atoms with Gasteiger partial charge in [-0.2, -0.15) is 0 Å². The highest BCUT2D eigenvalue weighted by atomic mass is 16.3. The van der Waals surface area contributed by atoms with Gasteiger partial charge in [0, 0.05) is 50.1 Å². The summed E-state index contributed by atoms with van der Waals surface area (Å²) in [6.07, 6.45) is -0.816. The Hall–Kier alpha value is -7.35. The van der Waals surface area contributed by atoms with Crippen molar-refractivity contribution in [3.8, 4) is 0 Å². The molecule has 2 aromatic carbocycles. The molecule has 21 N–H and O–H groups in total. The number of nitrogens with zero attached hydrogens (tertiary/aromatic N) is 2. The van der Waals surface area contributed by atoms with Gasteiger partial charge >= 0.3 is 0 Å². The van der Waals surface area contributed by atoms with E-state index in [1.807, 2.05) is 24.3 Å². The number of fused-ring (bicyclic) bond motifs is 1. The molecule has 1 fully saturated rings. The first-order valence-electron chi connectivity index (χ1n) is 24.8. The number of amides is 7. The van der Waals surface area contributed by atoms with Crippen molar-refractivity contribution in [3.63, 3.8) is 0 Å². The third-order valence-electron chi connectivity index (χ3n) is 12.4. The van der Waals surface area contributed by atoms with Crippen LogP contribution in [0.15, 0.2) is 70.8 Å². The summed E-state index contributed by atoms with van der Waals surface area (Å²) in [5.74, 6) is -5.84. The average molecular weight is 1030 g/mol. The minimum absolute atomic E-state index is 0.0168. The Morgan fingerprint density at radius 3 is 2.07 bits per heavy atom. The number of aliphatic imine (C=N–C) groups is 2. The predicted octanol–water partition coefficient (Wildman–Crippen LogP) is -3.11. The monoisotopic (exact) mass is 1030 g/mol. The zero-order chi connectivity index (χ0) is 54.3. The molecule has 3 aromatic rings. The lowest BCUT2D eigenvalue weighted by atomic mass is 9.98. The molecule has 406 valence electrons. The first kappa shape index (κ1) is 59.2. The summed E-state index contributed by atoms with van der Waals surface area (Å²) in [6.45, 7) is 5.01. The number of guanidine groups is 2. The van der Waals surface area contributed by atoms with Gasteiger partial charge in [-0.05, 0) is 74.5 Å². The van der Waals surface area contributed by atoms with Crippen LogP contribution < -0.4 is 71.2 Å². The van der Waals surface area contributed by atoms with Gasteiger partial charge in [0.1, 0.15) is 30.6 Å². The van der Waals surface area contributed by atoms with Crippen LogP contribution in [-0.4, -0.2) is 143 Å². The minimum Gasteiger partial charge on any atom is -0.376 e. The van der Waals surface area contributed by atoms with Gasteiger partial charge in [0.2, 0.25) is 41.4 Å². The third-order valence-corrected chi connectivity index (χ3v) is 12.4. The number of carbonyl (C=O) groups is 7. The van der Waals surface area contributed by atoms with Crippen LogP contribution in [0, 0.1) is 5.92 Å². The topological polar surface area (TPSA) is 427 Å². The van der Waals surface area contributed by atoms with Crippen molar-refractivity contribution in [1.82, 2.24) is 47.5 Å². The molecule has 1 aromatic heterocycles. The number of rotatable bonds is 18. The number of hydrogen-bond donors (Lipinski definition) is 16. The second kappa shape index (κ2) is 30.0. The minimum atomic E-state index is -1.64. The third kappa shape index (κ3) is 19.9. The number of carbonyl (C=O) groups excluding carboxylic acids is 7. The second-order valence-corrected chi connectivity index (χ2v) is 18.7. The van der Waals surface area contributed by atoms with Crippen molar-refractivity contribution in [3.05, 3.63) is 71.9 Å². The summed E-state index contributed by atoms with van der Waals surface area (Å²) in [4.78, 5) is 108. The van der Waals surface area contributed by atoms with Gasteiger partial charge < -0.3 is 75.8 Å². The van der Waals surface area contributed by atoms with Crippen molar-refractivity contribution < 1.29 is 43.8 Å². The predicted molar refractivity (Wildman–Crippen MR) is 279 cm³/mol. The molecule has 0 spiro atoms. The Morgan fingerprint density at radius 1 is 0.770 bits per heavy atom. The van der Waals surface area contributed by atoms with Crippen LogP contribution in [0.4, 0.5) is 0 Å². The lowest BCUT2D eigenvalue weighted by Crippen LogP contribution is -2.63. The fraction of sp³-hybridized carbons (Fsp3) is 0.531. The molecular formula is C49H76N16O9. The van der Waals surface area contributed by atoms with Crippen LogP contribution in [0.2, 0.25) is 0 Å². The van der Waals surface area contributed by atoms with E-state index in [1.54, 1.807) is 50.4 Å². The molecule has 2 heterocycles. The maximum atomic E-state index is 14.6. The molecule has 74 heavy (non-hydrogen) atoms. The first-order valence-corrected chi connectivity index (χ1v) is 24.8. The standard InChI is InChI=1S/C49H76N16O9/c1-27(2)40-47(74)64-36(23-29-13-5-4-6-14-29)44(71)61-35(19-12-22-57-49(53)54)43(70)62-37(24-30-26-58-32-16-8-7-15-31(30)32)45(72)60-33(41(50)68)17-9-10-20-55-39(67)25-38(46(73)65-40)63-42(69)34(59-28(3)66)18-11-21-56-48(51)52/h4-8,13-16,26-27,33-38,40,42,47,58,63-64,69,74H,9-12,17-25H2,1-3H3,(H2,50,68)(H,55,67)(H,59,66)(H,60,72)(H,61,71)(H,62,70)(H,65,73)(H4,51,52,56)(H4,53,54,57)/t33-,34-,35-,36+,37-,38-,40+,42?,47?/m0/s1. The van der Waals surface area contributed by atoms with Crippen LogP contribution in [0.3, 0.4) is 0 Å². The molecule has 25 nitrogen and oxygen atoms in total. The molecule has 2 unspecified atom stereocenters. The number of aromatic nitrogens is 1. The number of H-pyrrole nitrogens is 1. The second-order valence-electron chi connectivity index (χ2n) is 18.7. The number of nitrogens with one attached hydrogen (secondary N) is 9. The maximum Gasteiger partial charge on any atom is 0.243 e. The van der Waals surface area contributed by atoms with E-state index in [0.29, 0.717) is 24.0 Å². The average Bonchev–Trinajstić information content (AvgIpc) is 3.75. The van der Waals surface area contributed by atoms with Crippen molar-refractivity contribution in [1.29, 1.82) is 0 Å². The number of aromatic amines is 1. The summed E-state index contributed by atoms with van der Waals surface area (Å²) in [6, 6.07) is 7.59. The number of para-hydroxylation sites is 1. The number of aliphatic hydroxyl groups excluding tert-OH is 2. The lowest BCUT2D eigenvalue weighted by molar-refractivity contribution is -0.134. The number of aliphatic hydroxyl groups is 2. The highest BCUT2D eigenvalue weighted by molar-refractivity contribution is 5.95. The van der Waals surface area contributed by atoms with Crippen LogP contribution in [0.5, 0.6) is 0 Å². The zero-order valence-electron chi connectivity index (χ0n) is 42.3. The molecule has 0 aliphatic carbocycles. The molecule has 0 radical (unpaired) electrons. The molecule has 7 amide bonds. The Kier molecular flexibility index (Phi) is 24.0. The van der Waals surface area contributed by atoms with Crippen LogP contribution in [0.25, 0.3) is 10.9 Å². The molecule has 1 aliphatic heterocycles. The number of nitrogens with two attached hydrogens (primary N) is 5. The van der Waals surface area contributed by atoms with Crippen LogP contribution >= 0.6 is 0 Å². The zero-order valence-corrected chi connectivity index (χ0v) is 42.3. The van der Waals surface area contributed by atoms with Gasteiger partial charge in [-0.1, -0.05) is 62.4 Å². The van der Waals surface area contributed by atoms with Gasteiger partial charge in [0.15, 0.2) is 11.9 Å². The molecule has 0 saturated carbocycles. The van der Waals surface area contributed by atoms with Crippen molar-refractivity contribution in [2.75, 3.05) is 19.6 Å². The highest BCUT2D eigenvalue weighted by Crippen LogP contribution is 2.20. The Bertz CT molecular complexity index is 2390. The summed E-state index contributed by atoms with van der Waals surface area (Å²) < 4.78 is 0. The Labute approximate surface area is 430 Å². The van der Waals surface area contributed by atoms with E-state index in [9.17, 15) is 43.8 Å². The molecule has 0 bridgehead atoms. The van der Waals surface area contributed by atoms with Crippen molar-refractivity contribution in [2.45, 2.75) is 140 Å². The summed E-state index contributed by atoms with van der Waals surface area (Å²) in [7, 11) is 0. The molecule has 9 atom stereocenters. The van der Waals surface area contributed by atoms with E-state index in [1.165, 1.54) is 6.92 Å². The van der Waals surface area contributed by atoms with Gasteiger partial charge in [-0.25, -0.2) is 0 Å². The fourth-order valence-electron chi connectivity index (χ4n) is 8.46. The van der Waals surface area contributed by atoms with E-state index in [2.05, 4.69) is 57.5 Å². The molecule has 4 rings (SSSR count). The van der Waals surface area contributed by atoms with Gasteiger partial charge in [-0.3, -0.25) is 54.2 Å². The Balaban J connectivity index is 1.76. The van der Waals surface area contributed by atoms with E-state index < -0.39 is 108 Å². The fourth-order valence-corrected chi connectivity index (χ4v) is 8.46. The van der Waals surface area contributed by atoms with Gasteiger partial charge in [-0.15, -0.1) is 0 Å². The van der Waals surface area contributed by atoms with Gasteiger partial charge in [0.05, 0.1) is 30.6 Å². The SMILES string of the molecule is CC(=O)N[C@@H](CCCN=C(N)N)C(O)N[C@H]1CC(=O)NCCCC[C@@H](C(N)=O)NC(=O)[C@H](Cc2c[nH]c3ccccc23)NC(=O)[C@H](CCCN=C(N)N)NC(=O)[C@@H](Cc2ccccc2)NC(O)[C@@H](C(C)C)NC1=O. The number of hydrogen-bond acceptors (Lipinski definition) is 13. The number of benzene rings is 2. The van der Waals surface area contributed by atoms with E-state index >= 15 is 0 Å².